The van der Waals surface area contributed by atoms with Gasteiger partial charge in [-0.05, 0) is 12.8 Å². The first-order valence-corrected chi connectivity index (χ1v) is 12.6. The Hall–Kier alpha value is -0.360. The number of hydrogen-bond acceptors (Lipinski definition) is 9. The van der Waals surface area contributed by atoms with Crippen LogP contribution in [0.25, 0.3) is 0 Å². The minimum Gasteiger partial charge on any atom is -0.381 e. The molecule has 0 saturated heterocycles. The highest BCUT2D eigenvalue weighted by molar-refractivity contribution is 4.51. The van der Waals surface area contributed by atoms with Crippen LogP contribution < -0.4 is 10.6 Å². The predicted molar refractivity (Wildman–Crippen MR) is 131 cm³/mol. The van der Waals surface area contributed by atoms with Gasteiger partial charge in [0.15, 0.2) is 0 Å². The van der Waals surface area contributed by atoms with Crippen molar-refractivity contribution < 1.29 is 33.2 Å². The Balaban J connectivity index is 3.01. The predicted octanol–water partition coefficient (Wildman–Crippen LogP) is 1.88. The van der Waals surface area contributed by atoms with Gasteiger partial charge in [0, 0.05) is 51.6 Å². The van der Waals surface area contributed by atoms with Gasteiger partial charge in [0.25, 0.3) is 0 Å². The van der Waals surface area contributed by atoms with Crippen molar-refractivity contribution in [2.24, 2.45) is 0 Å². The van der Waals surface area contributed by atoms with Crippen LogP contribution in [0.2, 0.25) is 0 Å². The van der Waals surface area contributed by atoms with E-state index < -0.39 is 0 Å². The van der Waals surface area contributed by atoms with Crippen LogP contribution in [0.5, 0.6) is 0 Å². The van der Waals surface area contributed by atoms with E-state index in [0.29, 0.717) is 105 Å². The lowest BCUT2D eigenvalue weighted by Crippen LogP contribution is -2.27. The number of hydrogen-bond donors (Lipinski definition) is 2. The summed E-state index contributed by atoms with van der Waals surface area (Å²) in [4.78, 5) is 0. The van der Waals surface area contributed by atoms with Crippen LogP contribution in [0.1, 0.15) is 40.5 Å². The van der Waals surface area contributed by atoms with E-state index in [1.54, 1.807) is 0 Å². The zero-order valence-electron chi connectivity index (χ0n) is 21.7. The molecule has 0 aliphatic rings. The summed E-state index contributed by atoms with van der Waals surface area (Å²) in [6, 6.07) is 0.992. The zero-order chi connectivity index (χ0) is 24.2. The molecule has 0 heterocycles. The van der Waals surface area contributed by atoms with Gasteiger partial charge in [-0.15, -0.1) is 0 Å². The molecule has 0 aromatic heterocycles. The van der Waals surface area contributed by atoms with Crippen LogP contribution in [0.3, 0.4) is 0 Å². The van der Waals surface area contributed by atoms with E-state index >= 15 is 0 Å². The third kappa shape index (κ3) is 31.6. The molecule has 0 atom stereocenters. The Morgan fingerprint density at radius 3 is 0.909 bits per heavy atom. The Kier molecular flexibility index (Phi) is 27.6. The minimum absolute atomic E-state index is 0.496. The Morgan fingerprint density at radius 1 is 0.364 bits per heavy atom. The maximum Gasteiger partial charge on any atom is 0.0701 e. The molecule has 0 radical (unpaired) electrons. The van der Waals surface area contributed by atoms with Crippen LogP contribution in [-0.4, -0.2) is 118 Å². The summed E-state index contributed by atoms with van der Waals surface area (Å²) >= 11 is 0. The molecular formula is C24H52N2O7. The van der Waals surface area contributed by atoms with Crippen LogP contribution >= 0.6 is 0 Å². The van der Waals surface area contributed by atoms with Crippen LogP contribution in [0.15, 0.2) is 0 Å². The van der Waals surface area contributed by atoms with Gasteiger partial charge in [0.05, 0.1) is 66.1 Å². The van der Waals surface area contributed by atoms with Gasteiger partial charge in [0.1, 0.15) is 0 Å². The van der Waals surface area contributed by atoms with E-state index in [2.05, 4.69) is 38.3 Å². The number of ether oxygens (including phenoxy) is 7. The first-order chi connectivity index (χ1) is 16.1. The minimum atomic E-state index is 0.496. The van der Waals surface area contributed by atoms with E-state index in [4.69, 9.17) is 33.2 Å². The fourth-order valence-corrected chi connectivity index (χ4v) is 2.55. The maximum atomic E-state index is 5.58. The Labute approximate surface area is 202 Å². The molecule has 2 N–H and O–H groups in total. The van der Waals surface area contributed by atoms with Crippen molar-refractivity contribution in [3.05, 3.63) is 0 Å². The summed E-state index contributed by atoms with van der Waals surface area (Å²) in [6.45, 7) is 19.3. The van der Waals surface area contributed by atoms with E-state index in [0.717, 1.165) is 25.9 Å². The maximum absolute atomic E-state index is 5.58. The standard InChI is InChI=1S/C24H52N2O7/c1-23(2)25-7-13-30-17-21-32-19-15-28-11-5-9-27-10-6-12-29-16-20-33-22-18-31-14-8-26-24(3)4/h23-26H,5-22H2,1-4H3. The van der Waals surface area contributed by atoms with Gasteiger partial charge in [-0.1, -0.05) is 27.7 Å². The average molecular weight is 481 g/mol. The molecule has 0 aliphatic heterocycles. The molecule has 0 bridgehead atoms. The van der Waals surface area contributed by atoms with Crippen molar-refractivity contribution in [1.29, 1.82) is 0 Å². The molecule has 9 heteroatoms. The highest BCUT2D eigenvalue weighted by Gasteiger charge is 1.96. The molecule has 0 fully saturated rings. The fourth-order valence-electron chi connectivity index (χ4n) is 2.55. The lowest BCUT2D eigenvalue weighted by atomic mass is 10.4. The van der Waals surface area contributed by atoms with Crippen molar-refractivity contribution >= 4 is 0 Å². The van der Waals surface area contributed by atoms with E-state index in [-0.39, 0.29) is 0 Å². The van der Waals surface area contributed by atoms with Crippen LogP contribution in [0, 0.1) is 0 Å². The molecule has 0 amide bonds. The molecule has 0 rings (SSSR count). The van der Waals surface area contributed by atoms with E-state index in [9.17, 15) is 0 Å². The second-order valence-corrected chi connectivity index (χ2v) is 8.21. The van der Waals surface area contributed by atoms with Crippen molar-refractivity contribution in [2.45, 2.75) is 52.6 Å². The van der Waals surface area contributed by atoms with Crippen molar-refractivity contribution in [1.82, 2.24) is 10.6 Å². The SMILES string of the molecule is CC(C)NCCOCCOCCOCCCOCCCOCCOCCOCCNC(C)C. The molecule has 0 aromatic rings. The molecule has 0 unspecified atom stereocenters. The van der Waals surface area contributed by atoms with E-state index in [1.807, 2.05) is 0 Å². The summed E-state index contributed by atoms with van der Waals surface area (Å²) < 4.78 is 38.5. The van der Waals surface area contributed by atoms with E-state index in [1.165, 1.54) is 0 Å². The molecule has 0 aliphatic carbocycles. The monoisotopic (exact) mass is 480 g/mol. The first-order valence-electron chi connectivity index (χ1n) is 12.6. The highest BCUT2D eigenvalue weighted by atomic mass is 16.5. The van der Waals surface area contributed by atoms with Gasteiger partial charge in [-0.25, -0.2) is 0 Å². The van der Waals surface area contributed by atoms with Crippen molar-refractivity contribution in [3.8, 4) is 0 Å². The lowest BCUT2D eigenvalue weighted by molar-refractivity contribution is 0.00490. The second-order valence-electron chi connectivity index (χ2n) is 8.21. The third-order valence-corrected chi connectivity index (χ3v) is 4.24. The van der Waals surface area contributed by atoms with Crippen molar-refractivity contribution in [3.63, 3.8) is 0 Å². The summed E-state index contributed by atoms with van der Waals surface area (Å²) in [6.07, 6.45) is 1.77. The van der Waals surface area contributed by atoms with Crippen LogP contribution in [0.4, 0.5) is 0 Å². The van der Waals surface area contributed by atoms with Crippen LogP contribution in [-0.2, 0) is 33.2 Å². The summed E-state index contributed by atoms with van der Waals surface area (Å²) in [7, 11) is 0. The van der Waals surface area contributed by atoms with Crippen molar-refractivity contribution in [2.75, 3.05) is 106 Å². The molecule has 9 nitrogen and oxygen atoms in total. The summed E-state index contributed by atoms with van der Waals surface area (Å²) in [5.74, 6) is 0. The Bertz CT molecular complexity index is 332. The van der Waals surface area contributed by atoms with Gasteiger partial charge in [-0.2, -0.15) is 0 Å². The first kappa shape index (κ1) is 32.6. The molecular weight excluding hydrogens is 428 g/mol. The molecule has 33 heavy (non-hydrogen) atoms. The van der Waals surface area contributed by atoms with Gasteiger partial charge >= 0.3 is 0 Å². The molecule has 200 valence electrons. The highest BCUT2D eigenvalue weighted by Crippen LogP contribution is 1.90. The average Bonchev–Trinajstić information content (AvgIpc) is 2.78. The van der Waals surface area contributed by atoms with Gasteiger partial charge in [-0.3, -0.25) is 0 Å². The molecule has 0 saturated carbocycles. The summed E-state index contributed by atoms with van der Waals surface area (Å²) in [5, 5.41) is 6.60. The lowest BCUT2D eigenvalue weighted by Gasteiger charge is -2.09. The normalized spacial score (nSPS) is 11.8. The molecule has 0 spiro atoms. The molecule has 0 aromatic carbocycles. The quantitative estimate of drug-likeness (QED) is 0.163. The number of rotatable bonds is 28. The topological polar surface area (TPSA) is 88.7 Å². The smallest absolute Gasteiger partial charge is 0.0701 e. The fraction of sp³-hybridized carbons (Fsp3) is 1.00. The van der Waals surface area contributed by atoms with Gasteiger partial charge < -0.3 is 43.8 Å². The largest absolute Gasteiger partial charge is 0.381 e. The van der Waals surface area contributed by atoms with Gasteiger partial charge in [0.2, 0.25) is 0 Å². The zero-order valence-corrected chi connectivity index (χ0v) is 21.7. The Morgan fingerprint density at radius 2 is 0.606 bits per heavy atom. The third-order valence-electron chi connectivity index (χ3n) is 4.24. The number of nitrogens with one attached hydrogen (secondary N) is 2. The summed E-state index contributed by atoms with van der Waals surface area (Å²) in [5.41, 5.74) is 0. The second kappa shape index (κ2) is 27.9.